The molecule has 1 aromatic rings. The fourth-order valence-corrected chi connectivity index (χ4v) is 1.73. The summed E-state index contributed by atoms with van der Waals surface area (Å²) in [4.78, 5) is 11.6. The lowest BCUT2D eigenvalue weighted by Gasteiger charge is -2.15. The summed E-state index contributed by atoms with van der Waals surface area (Å²) in [5, 5.41) is 10.2. The maximum Gasteiger partial charge on any atom is 0.341 e. The Bertz CT molecular complexity index is 456. The zero-order valence-electron chi connectivity index (χ0n) is 13.0. The van der Waals surface area contributed by atoms with E-state index in [1.807, 2.05) is 6.92 Å². The van der Waals surface area contributed by atoms with Gasteiger partial charge in [0, 0.05) is 0 Å². The molecule has 0 unspecified atom stereocenters. The molecule has 0 saturated heterocycles. The summed E-state index contributed by atoms with van der Waals surface area (Å²) in [6, 6.07) is 3.11. The van der Waals surface area contributed by atoms with Gasteiger partial charge in [-0.3, -0.25) is 0 Å². The van der Waals surface area contributed by atoms with E-state index in [0.717, 1.165) is 25.7 Å². The van der Waals surface area contributed by atoms with Crippen LogP contribution in [0, 0.1) is 0 Å². The molecule has 0 amide bonds. The molecule has 5 heteroatoms. The number of carbonyl (C=O) groups excluding carboxylic acids is 1. The van der Waals surface area contributed by atoms with Crippen LogP contribution in [0.4, 0.5) is 0 Å². The minimum atomic E-state index is -0.604. The van der Waals surface area contributed by atoms with Crippen molar-refractivity contribution in [3.63, 3.8) is 0 Å². The van der Waals surface area contributed by atoms with Crippen molar-refractivity contribution in [3.8, 4) is 17.2 Å². The summed E-state index contributed by atoms with van der Waals surface area (Å²) in [6.45, 7) is 5.11. The average molecular weight is 296 g/mol. The number of esters is 1. The van der Waals surface area contributed by atoms with Crippen LogP contribution in [-0.4, -0.2) is 31.4 Å². The van der Waals surface area contributed by atoms with Crippen molar-refractivity contribution in [3.05, 3.63) is 17.7 Å². The molecule has 21 heavy (non-hydrogen) atoms. The average Bonchev–Trinajstić information content (AvgIpc) is 2.49. The SMILES string of the molecule is CCCCOc1ccc(C(=O)OC)c(O)c1OCCCC. The van der Waals surface area contributed by atoms with Gasteiger partial charge in [-0.2, -0.15) is 0 Å². The maximum absolute atomic E-state index is 11.6. The van der Waals surface area contributed by atoms with E-state index in [1.165, 1.54) is 13.2 Å². The number of carbonyl (C=O) groups is 1. The molecule has 1 rings (SSSR count). The van der Waals surface area contributed by atoms with Crippen LogP contribution in [0.25, 0.3) is 0 Å². The molecule has 0 aliphatic heterocycles. The largest absolute Gasteiger partial charge is 0.504 e. The summed E-state index contributed by atoms with van der Waals surface area (Å²) in [7, 11) is 1.27. The highest BCUT2D eigenvalue weighted by atomic mass is 16.5. The van der Waals surface area contributed by atoms with Gasteiger partial charge in [0.05, 0.1) is 20.3 Å². The molecule has 0 bridgehead atoms. The molecular weight excluding hydrogens is 272 g/mol. The quantitative estimate of drug-likeness (QED) is 0.558. The lowest BCUT2D eigenvalue weighted by atomic mass is 10.1. The Kier molecular flexibility index (Phi) is 7.43. The third-order valence-electron chi connectivity index (χ3n) is 3.00. The molecule has 5 nitrogen and oxygen atoms in total. The number of methoxy groups -OCH3 is 1. The zero-order valence-corrected chi connectivity index (χ0v) is 13.0. The predicted octanol–water partition coefficient (Wildman–Crippen LogP) is 3.54. The molecule has 0 saturated carbocycles. The monoisotopic (exact) mass is 296 g/mol. The van der Waals surface area contributed by atoms with Crippen molar-refractivity contribution in [2.75, 3.05) is 20.3 Å². The first-order valence-corrected chi connectivity index (χ1v) is 7.35. The van der Waals surface area contributed by atoms with Gasteiger partial charge in [-0.25, -0.2) is 4.79 Å². The van der Waals surface area contributed by atoms with Crippen molar-refractivity contribution in [2.45, 2.75) is 39.5 Å². The van der Waals surface area contributed by atoms with Gasteiger partial charge in [0.1, 0.15) is 5.56 Å². The Labute approximate surface area is 125 Å². The van der Waals surface area contributed by atoms with Crippen LogP contribution in [-0.2, 0) is 4.74 Å². The number of benzene rings is 1. The summed E-state index contributed by atoms with van der Waals surface area (Å²) >= 11 is 0. The van der Waals surface area contributed by atoms with Gasteiger partial charge >= 0.3 is 5.97 Å². The van der Waals surface area contributed by atoms with Crippen molar-refractivity contribution in [2.24, 2.45) is 0 Å². The summed E-state index contributed by atoms with van der Waals surface area (Å²) < 4.78 is 15.9. The van der Waals surface area contributed by atoms with E-state index >= 15 is 0 Å². The molecule has 0 atom stereocenters. The maximum atomic E-state index is 11.6. The number of unbranched alkanes of at least 4 members (excludes halogenated alkanes) is 2. The molecular formula is C16H24O5. The van der Waals surface area contributed by atoms with Gasteiger partial charge in [0.25, 0.3) is 0 Å². The van der Waals surface area contributed by atoms with E-state index < -0.39 is 5.97 Å². The van der Waals surface area contributed by atoms with Crippen molar-refractivity contribution >= 4 is 5.97 Å². The van der Waals surface area contributed by atoms with Gasteiger partial charge in [0.15, 0.2) is 11.5 Å². The smallest absolute Gasteiger partial charge is 0.341 e. The molecule has 0 aliphatic carbocycles. The number of hydrogen-bond donors (Lipinski definition) is 1. The Hall–Kier alpha value is -1.91. The van der Waals surface area contributed by atoms with Gasteiger partial charge in [0.2, 0.25) is 5.75 Å². The molecule has 0 aliphatic rings. The van der Waals surface area contributed by atoms with E-state index in [-0.39, 0.29) is 17.1 Å². The highest BCUT2D eigenvalue weighted by Crippen LogP contribution is 2.39. The second kappa shape index (κ2) is 9.10. The van der Waals surface area contributed by atoms with Gasteiger partial charge in [-0.15, -0.1) is 0 Å². The molecule has 1 N–H and O–H groups in total. The van der Waals surface area contributed by atoms with Crippen LogP contribution in [0.5, 0.6) is 17.2 Å². The number of aromatic hydroxyl groups is 1. The van der Waals surface area contributed by atoms with Crippen LogP contribution < -0.4 is 9.47 Å². The molecule has 1 aromatic carbocycles. The molecule has 0 spiro atoms. The second-order valence-corrected chi connectivity index (χ2v) is 4.68. The first-order chi connectivity index (χ1) is 10.2. The number of phenols is 1. The lowest BCUT2D eigenvalue weighted by molar-refractivity contribution is 0.0596. The van der Waals surface area contributed by atoms with Crippen LogP contribution >= 0.6 is 0 Å². The summed E-state index contributed by atoms with van der Waals surface area (Å²) in [6.07, 6.45) is 3.76. The number of ether oxygens (including phenoxy) is 3. The number of rotatable bonds is 9. The highest BCUT2D eigenvalue weighted by Gasteiger charge is 2.20. The summed E-state index contributed by atoms with van der Waals surface area (Å²) in [5.41, 5.74) is 0.0758. The van der Waals surface area contributed by atoms with Crippen molar-refractivity contribution in [1.82, 2.24) is 0 Å². The van der Waals surface area contributed by atoms with Crippen LogP contribution in [0.1, 0.15) is 49.9 Å². The van der Waals surface area contributed by atoms with Gasteiger partial charge < -0.3 is 19.3 Å². The van der Waals surface area contributed by atoms with E-state index in [4.69, 9.17) is 9.47 Å². The fourth-order valence-electron chi connectivity index (χ4n) is 1.73. The number of hydrogen-bond acceptors (Lipinski definition) is 5. The molecule has 0 radical (unpaired) electrons. The Morgan fingerprint density at radius 2 is 1.71 bits per heavy atom. The second-order valence-electron chi connectivity index (χ2n) is 4.68. The first kappa shape index (κ1) is 17.1. The van der Waals surface area contributed by atoms with Crippen LogP contribution in [0.15, 0.2) is 12.1 Å². The van der Waals surface area contributed by atoms with Gasteiger partial charge in [-0.1, -0.05) is 26.7 Å². The minimum Gasteiger partial charge on any atom is -0.504 e. The fraction of sp³-hybridized carbons (Fsp3) is 0.562. The summed E-state index contributed by atoms with van der Waals surface area (Å²) in [5.74, 6) is -0.174. The highest BCUT2D eigenvalue weighted by molar-refractivity contribution is 5.93. The third kappa shape index (κ3) is 4.85. The Balaban J connectivity index is 3.00. The molecule has 118 valence electrons. The molecule has 0 fully saturated rings. The van der Waals surface area contributed by atoms with E-state index in [0.29, 0.717) is 19.0 Å². The lowest BCUT2D eigenvalue weighted by Crippen LogP contribution is -2.06. The Morgan fingerprint density at radius 1 is 1.10 bits per heavy atom. The Morgan fingerprint density at radius 3 is 2.29 bits per heavy atom. The number of phenolic OH excluding ortho intramolecular Hbond substituents is 1. The standard InChI is InChI=1S/C16H24O5/c1-4-6-10-20-13-9-8-12(16(18)19-3)14(17)15(13)21-11-7-5-2/h8-9,17H,4-7,10-11H2,1-3H3. The normalized spacial score (nSPS) is 10.2. The van der Waals surface area contributed by atoms with Crippen molar-refractivity contribution in [1.29, 1.82) is 0 Å². The topological polar surface area (TPSA) is 65.0 Å². The first-order valence-electron chi connectivity index (χ1n) is 7.35. The van der Waals surface area contributed by atoms with Gasteiger partial charge in [-0.05, 0) is 25.0 Å². The van der Waals surface area contributed by atoms with Crippen LogP contribution in [0.3, 0.4) is 0 Å². The van der Waals surface area contributed by atoms with Crippen LogP contribution in [0.2, 0.25) is 0 Å². The predicted molar refractivity (Wildman–Crippen MR) is 80.3 cm³/mol. The third-order valence-corrected chi connectivity index (χ3v) is 3.00. The van der Waals surface area contributed by atoms with E-state index in [1.54, 1.807) is 6.07 Å². The van der Waals surface area contributed by atoms with E-state index in [2.05, 4.69) is 11.7 Å². The minimum absolute atomic E-state index is 0.0758. The van der Waals surface area contributed by atoms with E-state index in [9.17, 15) is 9.90 Å². The van der Waals surface area contributed by atoms with Crippen molar-refractivity contribution < 1.29 is 24.1 Å². The molecule has 0 aromatic heterocycles. The zero-order chi connectivity index (χ0) is 15.7. The molecule has 0 heterocycles.